The second-order valence-electron chi connectivity index (χ2n) is 4.20. The number of hydrogen-bond acceptors (Lipinski definition) is 4. The normalized spacial score (nSPS) is 10.4. The average molecular weight is 251 g/mol. The number of nitrogens with two attached hydrogens (primary N) is 1. The zero-order chi connectivity index (χ0) is 13.5. The minimum Gasteiger partial charge on any atom is -0.495 e. The van der Waals surface area contributed by atoms with Gasteiger partial charge in [-0.3, -0.25) is 0 Å². The second-order valence-corrected chi connectivity index (χ2v) is 4.20. The van der Waals surface area contributed by atoms with Crippen LogP contribution in [-0.4, -0.2) is 19.7 Å². The fraction of sp³-hybridized carbons (Fsp3) is 0.500. The molecule has 0 heterocycles. The van der Waals surface area contributed by atoms with Gasteiger partial charge in [-0.1, -0.05) is 32.8 Å². The Morgan fingerprint density at radius 3 is 2.56 bits per heavy atom. The van der Waals surface area contributed by atoms with Crippen molar-refractivity contribution in [2.45, 2.75) is 26.7 Å². The van der Waals surface area contributed by atoms with Crippen LogP contribution in [0.15, 0.2) is 18.2 Å². The molecule has 2 N–H and O–H groups in total. The number of anilines is 1. The highest BCUT2D eigenvalue weighted by molar-refractivity contribution is 5.96. The monoisotopic (exact) mass is 251 g/mol. The van der Waals surface area contributed by atoms with Gasteiger partial charge in [0.2, 0.25) is 0 Å². The number of carbonyl (C=O) groups excluding carboxylic acids is 1. The van der Waals surface area contributed by atoms with Crippen LogP contribution in [0.3, 0.4) is 0 Å². The number of para-hydroxylation sites is 1. The van der Waals surface area contributed by atoms with Crippen molar-refractivity contribution in [3.8, 4) is 5.75 Å². The summed E-state index contributed by atoms with van der Waals surface area (Å²) in [5.41, 5.74) is 6.53. The largest absolute Gasteiger partial charge is 0.495 e. The molecule has 4 nitrogen and oxygen atoms in total. The van der Waals surface area contributed by atoms with Gasteiger partial charge in [-0.2, -0.15) is 0 Å². The predicted octanol–water partition coefficient (Wildman–Crippen LogP) is 2.87. The van der Waals surface area contributed by atoms with E-state index in [0.717, 1.165) is 12.8 Å². The number of hydrogen-bond donors (Lipinski definition) is 1. The van der Waals surface area contributed by atoms with E-state index in [2.05, 4.69) is 13.8 Å². The first kappa shape index (κ1) is 14.4. The molecule has 1 rings (SSSR count). The van der Waals surface area contributed by atoms with E-state index in [1.54, 1.807) is 18.2 Å². The summed E-state index contributed by atoms with van der Waals surface area (Å²) in [6.45, 7) is 4.60. The fourth-order valence-electron chi connectivity index (χ4n) is 1.70. The molecule has 0 unspecified atom stereocenters. The van der Waals surface area contributed by atoms with E-state index in [9.17, 15) is 4.79 Å². The number of benzene rings is 1. The number of carbonyl (C=O) groups is 1. The summed E-state index contributed by atoms with van der Waals surface area (Å²) in [5, 5.41) is 0. The maximum absolute atomic E-state index is 11.9. The van der Waals surface area contributed by atoms with Gasteiger partial charge in [-0.05, 0) is 18.1 Å². The maximum Gasteiger partial charge on any atom is 0.340 e. The average Bonchev–Trinajstić information content (AvgIpc) is 2.40. The third-order valence-electron chi connectivity index (χ3n) is 3.11. The summed E-state index contributed by atoms with van der Waals surface area (Å²) in [4.78, 5) is 11.9. The number of methoxy groups -OCH3 is 1. The Labute approximate surface area is 108 Å². The summed E-state index contributed by atoms with van der Waals surface area (Å²) in [7, 11) is 1.52. The summed E-state index contributed by atoms with van der Waals surface area (Å²) < 4.78 is 10.3. The molecule has 0 saturated heterocycles. The van der Waals surface area contributed by atoms with Crippen molar-refractivity contribution in [2.24, 2.45) is 5.92 Å². The van der Waals surface area contributed by atoms with Crippen LogP contribution in [0.5, 0.6) is 5.75 Å². The van der Waals surface area contributed by atoms with Crippen LogP contribution in [0.1, 0.15) is 37.0 Å². The van der Waals surface area contributed by atoms with E-state index in [-0.39, 0.29) is 0 Å². The molecule has 1 aromatic carbocycles. The first-order valence-corrected chi connectivity index (χ1v) is 6.23. The first-order valence-electron chi connectivity index (χ1n) is 6.23. The third kappa shape index (κ3) is 3.39. The van der Waals surface area contributed by atoms with E-state index in [1.807, 2.05) is 0 Å². The quantitative estimate of drug-likeness (QED) is 0.623. The topological polar surface area (TPSA) is 61.5 Å². The molecule has 0 radical (unpaired) electrons. The van der Waals surface area contributed by atoms with Gasteiger partial charge in [-0.25, -0.2) is 4.79 Å². The molecule has 18 heavy (non-hydrogen) atoms. The minimum atomic E-state index is -0.390. The molecule has 0 spiro atoms. The lowest BCUT2D eigenvalue weighted by atomic mass is 10.1. The number of rotatable bonds is 6. The molecule has 0 aliphatic carbocycles. The Balaban J connectivity index is 2.73. The smallest absolute Gasteiger partial charge is 0.340 e. The fourth-order valence-corrected chi connectivity index (χ4v) is 1.70. The molecule has 100 valence electrons. The van der Waals surface area contributed by atoms with Gasteiger partial charge in [0.05, 0.1) is 25.0 Å². The molecule has 0 aliphatic rings. The highest BCUT2D eigenvalue weighted by atomic mass is 16.5. The van der Waals surface area contributed by atoms with Crippen molar-refractivity contribution in [1.29, 1.82) is 0 Å². The van der Waals surface area contributed by atoms with E-state index < -0.39 is 5.97 Å². The lowest BCUT2D eigenvalue weighted by Crippen LogP contribution is -2.14. The summed E-state index contributed by atoms with van der Waals surface area (Å²) in [6, 6.07) is 5.09. The van der Waals surface area contributed by atoms with Gasteiger partial charge in [0, 0.05) is 0 Å². The van der Waals surface area contributed by atoms with Crippen LogP contribution in [0, 0.1) is 5.92 Å². The maximum atomic E-state index is 11.9. The van der Waals surface area contributed by atoms with E-state index in [0.29, 0.717) is 29.5 Å². The molecular weight excluding hydrogens is 230 g/mol. The summed E-state index contributed by atoms with van der Waals surface area (Å²) in [6.07, 6.45) is 1.99. The zero-order valence-electron chi connectivity index (χ0n) is 11.2. The van der Waals surface area contributed by atoms with E-state index >= 15 is 0 Å². The van der Waals surface area contributed by atoms with Crippen LogP contribution in [0.4, 0.5) is 5.69 Å². The van der Waals surface area contributed by atoms with Crippen LogP contribution >= 0.6 is 0 Å². The highest BCUT2D eigenvalue weighted by Crippen LogP contribution is 2.25. The van der Waals surface area contributed by atoms with Crippen LogP contribution < -0.4 is 10.5 Å². The van der Waals surface area contributed by atoms with Gasteiger partial charge in [0.15, 0.2) is 0 Å². The van der Waals surface area contributed by atoms with E-state index in [4.69, 9.17) is 15.2 Å². The Bertz CT molecular complexity index is 400. The molecule has 0 aromatic heterocycles. The van der Waals surface area contributed by atoms with Gasteiger partial charge in [0.1, 0.15) is 5.75 Å². The molecule has 0 bridgehead atoms. The molecule has 0 fully saturated rings. The van der Waals surface area contributed by atoms with Gasteiger partial charge in [-0.15, -0.1) is 0 Å². The van der Waals surface area contributed by atoms with Gasteiger partial charge >= 0.3 is 5.97 Å². The van der Waals surface area contributed by atoms with Crippen molar-refractivity contribution < 1.29 is 14.3 Å². The summed E-state index contributed by atoms with van der Waals surface area (Å²) in [5.74, 6) is 0.506. The predicted molar refractivity (Wildman–Crippen MR) is 71.8 cm³/mol. The molecule has 0 aliphatic heterocycles. The zero-order valence-corrected chi connectivity index (χ0v) is 11.2. The Morgan fingerprint density at radius 2 is 2.00 bits per heavy atom. The molecule has 1 aromatic rings. The van der Waals surface area contributed by atoms with Crippen molar-refractivity contribution >= 4 is 11.7 Å². The Morgan fingerprint density at radius 1 is 1.33 bits per heavy atom. The van der Waals surface area contributed by atoms with E-state index in [1.165, 1.54) is 7.11 Å². The first-order chi connectivity index (χ1) is 8.63. The SMILES string of the molecule is CCC(CC)COC(=O)c1cccc(OC)c1N. The number of nitrogen functional groups attached to an aromatic ring is 1. The molecule has 4 heteroatoms. The van der Waals surface area contributed by atoms with Gasteiger partial charge in [0.25, 0.3) is 0 Å². The van der Waals surface area contributed by atoms with Crippen molar-refractivity contribution in [1.82, 2.24) is 0 Å². The highest BCUT2D eigenvalue weighted by Gasteiger charge is 2.15. The molecule has 0 saturated carbocycles. The van der Waals surface area contributed by atoms with Gasteiger partial charge < -0.3 is 15.2 Å². The standard InChI is InChI=1S/C14H21NO3/c1-4-10(5-2)9-18-14(16)11-7-6-8-12(17-3)13(11)15/h6-8,10H,4-5,9,15H2,1-3H3. The third-order valence-corrected chi connectivity index (χ3v) is 3.11. The van der Waals surface area contributed by atoms with Crippen molar-refractivity contribution in [3.05, 3.63) is 23.8 Å². The number of esters is 1. The van der Waals surface area contributed by atoms with Crippen LogP contribution in [-0.2, 0) is 4.74 Å². The number of ether oxygens (including phenoxy) is 2. The Hall–Kier alpha value is -1.71. The van der Waals surface area contributed by atoms with Crippen LogP contribution in [0.25, 0.3) is 0 Å². The van der Waals surface area contributed by atoms with Crippen molar-refractivity contribution in [2.75, 3.05) is 19.5 Å². The second kappa shape index (κ2) is 6.89. The van der Waals surface area contributed by atoms with Crippen LogP contribution in [0.2, 0.25) is 0 Å². The minimum absolute atomic E-state index is 0.328. The lowest BCUT2D eigenvalue weighted by Gasteiger charge is -2.14. The molecule has 0 atom stereocenters. The molecular formula is C14H21NO3. The Kier molecular flexibility index (Phi) is 5.49. The van der Waals surface area contributed by atoms with Crippen molar-refractivity contribution in [3.63, 3.8) is 0 Å². The molecule has 0 amide bonds. The lowest BCUT2D eigenvalue weighted by molar-refractivity contribution is 0.0434. The summed E-state index contributed by atoms with van der Waals surface area (Å²) >= 11 is 0.